The largest absolute Gasteiger partial charge is 0.454 e. The summed E-state index contributed by atoms with van der Waals surface area (Å²) in [7, 11) is 0. The first kappa shape index (κ1) is 21.0. The molecule has 3 heterocycles. The zero-order valence-corrected chi connectivity index (χ0v) is 18.7. The van der Waals surface area contributed by atoms with Crippen LogP contribution in [0.4, 0.5) is 5.69 Å². The summed E-state index contributed by atoms with van der Waals surface area (Å²) in [4.78, 5) is 39.1. The number of ether oxygens (including phenoxy) is 2. The second kappa shape index (κ2) is 8.59. The summed E-state index contributed by atoms with van der Waals surface area (Å²) in [6, 6.07) is 14.5. The Hall–Kier alpha value is -3.85. The van der Waals surface area contributed by atoms with E-state index in [0.717, 1.165) is 16.6 Å². The molecule has 8 nitrogen and oxygen atoms in total. The minimum Gasteiger partial charge on any atom is -0.454 e. The molecule has 33 heavy (non-hydrogen) atoms. The Kier molecular flexibility index (Phi) is 5.47. The number of aromatic nitrogens is 2. The average molecular weight is 464 g/mol. The fourth-order valence-electron chi connectivity index (χ4n) is 3.82. The maximum Gasteiger partial charge on any atom is 0.332 e. The number of aryl methyl sites for hydroxylation is 1. The Morgan fingerprint density at radius 2 is 1.76 bits per heavy atom. The molecule has 0 fully saturated rings. The van der Waals surface area contributed by atoms with E-state index in [1.54, 1.807) is 29.6 Å². The van der Waals surface area contributed by atoms with Gasteiger partial charge in [0.05, 0.1) is 12.1 Å². The lowest BCUT2D eigenvalue weighted by molar-refractivity contribution is -0.116. The van der Waals surface area contributed by atoms with Gasteiger partial charge < -0.3 is 14.8 Å². The molecule has 9 heteroatoms. The van der Waals surface area contributed by atoms with Gasteiger partial charge in [0, 0.05) is 5.69 Å². The second-order valence-corrected chi connectivity index (χ2v) is 8.60. The number of fused-ring (bicyclic) bond motifs is 2. The highest BCUT2D eigenvalue weighted by Crippen LogP contribution is 2.32. The monoisotopic (exact) mass is 463 g/mol. The van der Waals surface area contributed by atoms with Gasteiger partial charge in [0.1, 0.15) is 11.2 Å². The number of thiophene rings is 1. The molecule has 0 aliphatic carbocycles. The fraction of sp³-hybridized carbons (Fsp3) is 0.208. The number of hydrogen-bond donors (Lipinski definition) is 1. The van der Waals surface area contributed by atoms with Crippen LogP contribution in [0.2, 0.25) is 0 Å². The van der Waals surface area contributed by atoms with E-state index in [4.69, 9.17) is 9.47 Å². The topological polar surface area (TPSA) is 91.6 Å². The van der Waals surface area contributed by atoms with Crippen LogP contribution in [0, 0.1) is 0 Å². The number of amides is 1. The van der Waals surface area contributed by atoms with Crippen molar-refractivity contribution in [2.45, 2.75) is 26.4 Å². The van der Waals surface area contributed by atoms with E-state index in [1.807, 2.05) is 24.3 Å². The van der Waals surface area contributed by atoms with Crippen LogP contribution in [-0.2, 0) is 24.3 Å². The summed E-state index contributed by atoms with van der Waals surface area (Å²) >= 11 is 1.25. The van der Waals surface area contributed by atoms with Crippen LogP contribution >= 0.6 is 11.3 Å². The molecule has 1 N–H and O–H groups in total. The molecule has 2 aromatic carbocycles. The first-order valence-corrected chi connectivity index (χ1v) is 11.4. The van der Waals surface area contributed by atoms with Crippen molar-refractivity contribution < 1.29 is 14.3 Å². The van der Waals surface area contributed by atoms with Crippen LogP contribution in [0.15, 0.2) is 63.5 Å². The quantitative estimate of drug-likeness (QED) is 0.474. The first-order valence-electron chi connectivity index (χ1n) is 10.5. The van der Waals surface area contributed by atoms with Crippen LogP contribution in [0.5, 0.6) is 11.5 Å². The van der Waals surface area contributed by atoms with Gasteiger partial charge in [0.15, 0.2) is 11.5 Å². The molecule has 168 valence electrons. The van der Waals surface area contributed by atoms with E-state index < -0.39 is 5.69 Å². The molecule has 1 aliphatic rings. The summed E-state index contributed by atoms with van der Waals surface area (Å²) in [5.41, 5.74) is 2.07. The van der Waals surface area contributed by atoms with Gasteiger partial charge in [-0.25, -0.2) is 4.79 Å². The molecular weight excluding hydrogens is 442 g/mol. The molecule has 4 aromatic rings. The molecular formula is C24H21N3O5S. The minimum absolute atomic E-state index is 0.0578. The second-order valence-electron chi connectivity index (χ2n) is 7.68. The van der Waals surface area contributed by atoms with Crippen LogP contribution in [0.25, 0.3) is 10.2 Å². The maximum atomic E-state index is 13.3. The van der Waals surface area contributed by atoms with Gasteiger partial charge in [0.2, 0.25) is 12.7 Å². The Morgan fingerprint density at radius 1 is 1.00 bits per heavy atom. The van der Waals surface area contributed by atoms with E-state index in [-0.39, 0.29) is 31.3 Å². The van der Waals surface area contributed by atoms with Gasteiger partial charge in [-0.05, 0) is 53.3 Å². The van der Waals surface area contributed by atoms with Crippen LogP contribution in [0.3, 0.4) is 0 Å². The smallest absolute Gasteiger partial charge is 0.332 e. The summed E-state index contributed by atoms with van der Waals surface area (Å²) < 4.78 is 13.6. The van der Waals surface area contributed by atoms with Crippen molar-refractivity contribution in [3.63, 3.8) is 0 Å². The van der Waals surface area contributed by atoms with Gasteiger partial charge in [-0.15, -0.1) is 11.3 Å². The maximum absolute atomic E-state index is 13.3. The molecule has 5 rings (SSSR count). The normalized spacial score (nSPS) is 12.3. The molecule has 0 saturated heterocycles. The van der Waals surface area contributed by atoms with Crippen LogP contribution in [0.1, 0.15) is 18.1 Å². The highest BCUT2D eigenvalue weighted by atomic mass is 32.1. The first-order chi connectivity index (χ1) is 16.0. The van der Waals surface area contributed by atoms with E-state index in [0.29, 0.717) is 27.4 Å². The Morgan fingerprint density at radius 3 is 2.55 bits per heavy atom. The number of benzene rings is 2. The van der Waals surface area contributed by atoms with Gasteiger partial charge in [-0.3, -0.25) is 18.7 Å². The van der Waals surface area contributed by atoms with E-state index in [1.165, 1.54) is 21.5 Å². The summed E-state index contributed by atoms with van der Waals surface area (Å²) in [6.45, 7) is 2.05. The number of carbonyl (C=O) groups is 1. The highest BCUT2D eigenvalue weighted by molar-refractivity contribution is 7.17. The average Bonchev–Trinajstić information content (AvgIpc) is 3.49. The lowest BCUT2D eigenvalue weighted by atomic mass is 10.1. The van der Waals surface area contributed by atoms with Crippen molar-refractivity contribution in [3.8, 4) is 11.5 Å². The van der Waals surface area contributed by atoms with Crippen molar-refractivity contribution in [2.75, 3.05) is 12.1 Å². The molecule has 1 aliphatic heterocycles. The van der Waals surface area contributed by atoms with Crippen LogP contribution < -0.4 is 26.0 Å². The fourth-order valence-corrected chi connectivity index (χ4v) is 4.66. The molecule has 1 amide bonds. The lowest BCUT2D eigenvalue weighted by Gasteiger charge is -2.13. The van der Waals surface area contributed by atoms with Crippen LogP contribution in [-0.4, -0.2) is 21.8 Å². The third-order valence-corrected chi connectivity index (χ3v) is 6.45. The number of nitrogens with zero attached hydrogens (tertiary/aromatic N) is 2. The van der Waals surface area contributed by atoms with E-state index in [9.17, 15) is 14.4 Å². The molecule has 2 aromatic heterocycles. The Balaban J connectivity index is 1.47. The summed E-state index contributed by atoms with van der Waals surface area (Å²) in [6.07, 6.45) is 0.907. The summed E-state index contributed by atoms with van der Waals surface area (Å²) in [5, 5.41) is 4.57. The molecule has 0 radical (unpaired) electrons. The van der Waals surface area contributed by atoms with E-state index >= 15 is 0 Å². The van der Waals surface area contributed by atoms with Crippen molar-refractivity contribution in [3.05, 3.63) is 85.9 Å². The third kappa shape index (κ3) is 4.03. The Bertz CT molecular complexity index is 1470. The predicted octanol–water partition coefficient (Wildman–Crippen LogP) is 3.20. The predicted molar refractivity (Wildman–Crippen MR) is 126 cm³/mol. The van der Waals surface area contributed by atoms with Gasteiger partial charge in [-0.2, -0.15) is 0 Å². The standard InChI is InChI=1S/C24H21N3O5S/c1-2-15-3-6-17(7-4-15)25-21(28)13-26-18-9-10-33-22(18)23(29)27(24(26)30)12-16-5-8-19-20(11-16)32-14-31-19/h3-11H,2,12-14H2,1H3,(H,25,28). The molecule has 0 unspecified atom stereocenters. The van der Waals surface area contributed by atoms with Gasteiger partial charge in [-0.1, -0.05) is 25.1 Å². The molecule has 0 spiro atoms. The van der Waals surface area contributed by atoms with Crippen molar-refractivity contribution >= 4 is 33.1 Å². The molecule has 0 bridgehead atoms. The molecule has 0 atom stereocenters. The molecule has 0 saturated carbocycles. The van der Waals surface area contributed by atoms with Gasteiger partial charge in [0.25, 0.3) is 5.56 Å². The number of hydrogen-bond acceptors (Lipinski definition) is 6. The number of anilines is 1. The number of nitrogens with one attached hydrogen (secondary N) is 1. The van der Waals surface area contributed by atoms with Gasteiger partial charge >= 0.3 is 5.69 Å². The summed E-state index contributed by atoms with van der Waals surface area (Å²) in [5.74, 6) is 0.856. The van der Waals surface area contributed by atoms with E-state index in [2.05, 4.69) is 12.2 Å². The Labute approximate surface area is 192 Å². The minimum atomic E-state index is -0.542. The number of carbonyl (C=O) groups excluding carboxylic acids is 1. The lowest BCUT2D eigenvalue weighted by Crippen LogP contribution is -2.41. The zero-order chi connectivity index (χ0) is 22.9. The zero-order valence-electron chi connectivity index (χ0n) is 17.9. The van der Waals surface area contributed by atoms with Crippen molar-refractivity contribution in [1.82, 2.24) is 9.13 Å². The number of rotatable bonds is 6. The third-order valence-electron chi connectivity index (χ3n) is 5.56. The van der Waals surface area contributed by atoms with Crippen molar-refractivity contribution in [1.29, 1.82) is 0 Å². The SMILES string of the molecule is CCc1ccc(NC(=O)Cn2c(=O)n(Cc3ccc4c(c3)OCO4)c(=O)c3sccc32)cc1. The highest BCUT2D eigenvalue weighted by Gasteiger charge is 2.18. The van der Waals surface area contributed by atoms with Crippen molar-refractivity contribution in [2.24, 2.45) is 0 Å².